The van der Waals surface area contributed by atoms with E-state index in [1.807, 2.05) is 53.2 Å². The maximum Gasteiger partial charge on any atom is 0.239 e. The van der Waals surface area contributed by atoms with Gasteiger partial charge in [-0.25, -0.2) is 0 Å². The van der Waals surface area contributed by atoms with Gasteiger partial charge in [0.15, 0.2) is 0 Å². The van der Waals surface area contributed by atoms with Gasteiger partial charge in [0.2, 0.25) is 17.6 Å². The first-order valence-electron chi connectivity index (χ1n) is 8.33. The molecule has 3 heterocycles. The number of hydrogen-bond acceptors (Lipinski definition) is 5. The highest BCUT2D eigenvalue weighted by atomic mass is 16.5. The van der Waals surface area contributed by atoms with Crippen molar-refractivity contribution >= 4 is 16.8 Å². The van der Waals surface area contributed by atoms with Crippen LogP contribution in [0.1, 0.15) is 5.89 Å². The number of rotatable bonds is 6. The number of carbonyl (C=O) groups excluding carboxylic acids is 1. The molecule has 0 aliphatic heterocycles. The van der Waals surface area contributed by atoms with Crippen molar-refractivity contribution in [2.75, 3.05) is 6.54 Å². The topological polar surface area (TPSA) is 85.8 Å². The summed E-state index contributed by atoms with van der Waals surface area (Å²) in [6.07, 6.45) is 5.76. The zero-order chi connectivity index (χ0) is 17.8. The summed E-state index contributed by atoms with van der Waals surface area (Å²) in [4.78, 5) is 20.5. The summed E-state index contributed by atoms with van der Waals surface area (Å²) < 4.78 is 7.15. The Morgan fingerprint density at radius 2 is 2.08 bits per heavy atom. The van der Waals surface area contributed by atoms with E-state index in [1.54, 1.807) is 12.4 Å². The van der Waals surface area contributed by atoms with E-state index in [4.69, 9.17) is 4.52 Å². The van der Waals surface area contributed by atoms with Crippen LogP contribution in [0.15, 0.2) is 65.6 Å². The van der Waals surface area contributed by atoms with E-state index >= 15 is 0 Å². The smallest absolute Gasteiger partial charge is 0.239 e. The molecule has 7 nitrogen and oxygen atoms in total. The fourth-order valence-corrected chi connectivity index (χ4v) is 2.77. The summed E-state index contributed by atoms with van der Waals surface area (Å²) in [7, 11) is 0. The second-order valence-electron chi connectivity index (χ2n) is 5.86. The Morgan fingerprint density at radius 1 is 1.15 bits per heavy atom. The predicted octanol–water partition coefficient (Wildman–Crippen LogP) is 2.45. The van der Waals surface area contributed by atoms with Crippen LogP contribution in [0, 0.1) is 0 Å². The summed E-state index contributed by atoms with van der Waals surface area (Å²) in [5, 5.41) is 7.94. The molecule has 7 heteroatoms. The molecule has 0 radical (unpaired) electrons. The number of pyridine rings is 1. The third-order valence-corrected chi connectivity index (χ3v) is 4.04. The molecule has 4 aromatic rings. The van der Waals surface area contributed by atoms with Gasteiger partial charge in [0.05, 0.1) is 0 Å². The van der Waals surface area contributed by atoms with Crippen molar-refractivity contribution in [2.45, 2.75) is 13.0 Å². The van der Waals surface area contributed by atoms with Crippen LogP contribution in [0.4, 0.5) is 0 Å². The Bertz CT molecular complexity index is 1020. The van der Waals surface area contributed by atoms with Crippen LogP contribution in [0.5, 0.6) is 0 Å². The van der Waals surface area contributed by atoms with Crippen molar-refractivity contribution in [3.05, 3.63) is 66.9 Å². The molecule has 1 amide bonds. The molecule has 0 aliphatic carbocycles. The molecule has 0 spiro atoms. The second kappa shape index (κ2) is 7.18. The van der Waals surface area contributed by atoms with Gasteiger partial charge in [0, 0.05) is 42.6 Å². The van der Waals surface area contributed by atoms with Gasteiger partial charge in [-0.3, -0.25) is 9.78 Å². The first kappa shape index (κ1) is 16.0. The van der Waals surface area contributed by atoms with Crippen molar-refractivity contribution in [1.29, 1.82) is 0 Å². The first-order valence-corrected chi connectivity index (χ1v) is 8.33. The molecular weight excluding hydrogens is 330 g/mol. The Balaban J connectivity index is 1.31. The minimum atomic E-state index is -0.0571. The first-order chi connectivity index (χ1) is 12.8. The quantitative estimate of drug-likeness (QED) is 0.579. The number of benzene rings is 1. The largest absolute Gasteiger partial charge is 0.354 e. The molecular formula is C19H17N5O2. The Labute approximate surface area is 149 Å². The van der Waals surface area contributed by atoms with Crippen molar-refractivity contribution in [1.82, 2.24) is 25.0 Å². The van der Waals surface area contributed by atoms with E-state index in [0.717, 1.165) is 16.5 Å². The SMILES string of the molecule is O=C(Cn1ccc2ccccc21)NCCc1nc(-c2cccnc2)no1. The van der Waals surface area contributed by atoms with Gasteiger partial charge in [-0.1, -0.05) is 23.4 Å². The van der Waals surface area contributed by atoms with Gasteiger partial charge < -0.3 is 14.4 Å². The fourth-order valence-electron chi connectivity index (χ4n) is 2.77. The molecule has 0 bridgehead atoms. The molecule has 0 saturated carbocycles. The maximum atomic E-state index is 12.2. The number of fused-ring (bicyclic) bond motifs is 1. The van der Waals surface area contributed by atoms with Crippen LogP contribution >= 0.6 is 0 Å². The average Bonchev–Trinajstić information content (AvgIpc) is 3.30. The van der Waals surface area contributed by atoms with Crippen LogP contribution in [0.3, 0.4) is 0 Å². The normalized spacial score (nSPS) is 10.9. The van der Waals surface area contributed by atoms with Gasteiger partial charge in [-0.15, -0.1) is 0 Å². The second-order valence-corrected chi connectivity index (χ2v) is 5.86. The lowest BCUT2D eigenvalue weighted by molar-refractivity contribution is -0.121. The molecule has 1 aromatic carbocycles. The third kappa shape index (κ3) is 3.46. The lowest BCUT2D eigenvalue weighted by atomic mass is 10.2. The summed E-state index contributed by atoms with van der Waals surface area (Å²) in [5.74, 6) is 0.923. The van der Waals surface area contributed by atoms with E-state index in [0.29, 0.717) is 24.7 Å². The highest BCUT2D eigenvalue weighted by Gasteiger charge is 2.10. The minimum absolute atomic E-state index is 0.0571. The van der Waals surface area contributed by atoms with E-state index in [1.165, 1.54) is 0 Å². The van der Waals surface area contributed by atoms with Gasteiger partial charge in [0.1, 0.15) is 6.54 Å². The molecule has 0 saturated heterocycles. The minimum Gasteiger partial charge on any atom is -0.354 e. The zero-order valence-corrected chi connectivity index (χ0v) is 14.0. The highest BCUT2D eigenvalue weighted by Crippen LogP contribution is 2.15. The van der Waals surface area contributed by atoms with Crippen molar-refractivity contribution in [2.24, 2.45) is 0 Å². The van der Waals surface area contributed by atoms with Gasteiger partial charge in [-0.2, -0.15) is 4.98 Å². The molecule has 3 aromatic heterocycles. The van der Waals surface area contributed by atoms with Crippen molar-refractivity contribution in [3.8, 4) is 11.4 Å². The van der Waals surface area contributed by atoms with Crippen LogP contribution in [-0.2, 0) is 17.8 Å². The molecule has 130 valence electrons. The van der Waals surface area contributed by atoms with E-state index < -0.39 is 0 Å². The monoisotopic (exact) mass is 347 g/mol. The van der Waals surface area contributed by atoms with E-state index in [2.05, 4.69) is 20.4 Å². The predicted molar refractivity (Wildman–Crippen MR) is 96.2 cm³/mol. The highest BCUT2D eigenvalue weighted by molar-refractivity contribution is 5.83. The number of nitrogens with zero attached hydrogens (tertiary/aromatic N) is 4. The summed E-state index contributed by atoms with van der Waals surface area (Å²) >= 11 is 0. The lowest BCUT2D eigenvalue weighted by Gasteiger charge is -2.06. The fraction of sp³-hybridized carbons (Fsp3) is 0.158. The van der Waals surface area contributed by atoms with Crippen molar-refractivity contribution < 1.29 is 9.32 Å². The summed E-state index contributed by atoms with van der Waals surface area (Å²) in [5.41, 5.74) is 1.84. The number of para-hydroxylation sites is 1. The number of amides is 1. The Kier molecular flexibility index (Phi) is 4.42. The van der Waals surface area contributed by atoms with Crippen LogP contribution in [0.2, 0.25) is 0 Å². The lowest BCUT2D eigenvalue weighted by Crippen LogP contribution is -2.29. The molecule has 0 aliphatic rings. The van der Waals surface area contributed by atoms with E-state index in [-0.39, 0.29) is 12.5 Å². The van der Waals surface area contributed by atoms with Gasteiger partial charge in [0.25, 0.3) is 0 Å². The standard InChI is InChI=1S/C19H17N5O2/c25-17(13-24-11-8-14-4-1-2-6-16(14)24)21-10-7-18-22-19(23-26-18)15-5-3-9-20-12-15/h1-6,8-9,11-12H,7,10,13H2,(H,21,25). The third-order valence-electron chi connectivity index (χ3n) is 4.04. The number of nitrogens with one attached hydrogen (secondary N) is 1. The number of carbonyl (C=O) groups is 1. The summed E-state index contributed by atoms with van der Waals surface area (Å²) in [6, 6.07) is 13.7. The average molecular weight is 347 g/mol. The zero-order valence-electron chi connectivity index (χ0n) is 14.0. The van der Waals surface area contributed by atoms with Gasteiger partial charge in [-0.05, 0) is 29.7 Å². The molecule has 0 unspecified atom stereocenters. The number of hydrogen-bond donors (Lipinski definition) is 1. The van der Waals surface area contributed by atoms with Crippen LogP contribution in [-0.4, -0.2) is 32.1 Å². The van der Waals surface area contributed by atoms with Crippen LogP contribution in [0.25, 0.3) is 22.3 Å². The number of aromatic nitrogens is 4. The maximum absolute atomic E-state index is 12.2. The van der Waals surface area contributed by atoms with Crippen LogP contribution < -0.4 is 5.32 Å². The Hall–Kier alpha value is -3.48. The van der Waals surface area contributed by atoms with E-state index in [9.17, 15) is 4.79 Å². The molecule has 26 heavy (non-hydrogen) atoms. The molecule has 0 fully saturated rings. The van der Waals surface area contributed by atoms with Gasteiger partial charge >= 0.3 is 0 Å². The Morgan fingerprint density at radius 3 is 2.96 bits per heavy atom. The molecule has 0 atom stereocenters. The molecule has 4 rings (SSSR count). The summed E-state index contributed by atoms with van der Waals surface area (Å²) in [6.45, 7) is 0.713. The van der Waals surface area contributed by atoms with Crippen molar-refractivity contribution in [3.63, 3.8) is 0 Å². The molecule has 1 N–H and O–H groups in total.